The quantitative estimate of drug-likeness (QED) is 0.728. The van der Waals surface area contributed by atoms with Crippen LogP contribution in [-0.2, 0) is 20.9 Å². The van der Waals surface area contributed by atoms with Gasteiger partial charge in [-0.2, -0.15) is 0 Å². The number of ketones is 1. The highest BCUT2D eigenvalue weighted by molar-refractivity contribution is 6.30. The number of Topliss-reactive ketones (excluding diaryl/α,β-unsaturated/α-hetero) is 1. The van der Waals surface area contributed by atoms with Crippen molar-refractivity contribution in [3.8, 4) is 0 Å². The van der Waals surface area contributed by atoms with Gasteiger partial charge < -0.3 is 15.3 Å². The predicted octanol–water partition coefficient (Wildman–Crippen LogP) is 1.22. The Kier molecular flexibility index (Phi) is 6.41. The summed E-state index contributed by atoms with van der Waals surface area (Å²) in [6.07, 6.45) is 2.11. The number of hydrogen-bond donors (Lipinski definition) is 2. The molecule has 2 heterocycles. The standard InChI is InChI=1S/C22H28ClN3O4/c23-16-3-1-14(2-4-16)12-26-19-10-15(9-18(19)22(30)24-11-21(26)29)20(28)13-25-7-5-17(27)6-8-25/h1-4,15,17-19,27H,5-13H2,(H,24,30). The van der Waals surface area contributed by atoms with E-state index in [1.807, 2.05) is 12.1 Å². The summed E-state index contributed by atoms with van der Waals surface area (Å²) < 4.78 is 0. The highest BCUT2D eigenvalue weighted by Crippen LogP contribution is 2.37. The van der Waals surface area contributed by atoms with Crippen molar-refractivity contribution >= 4 is 29.2 Å². The molecule has 1 saturated carbocycles. The summed E-state index contributed by atoms with van der Waals surface area (Å²) >= 11 is 5.97. The molecule has 3 aliphatic rings. The highest BCUT2D eigenvalue weighted by Gasteiger charge is 2.47. The number of carbonyl (C=O) groups is 3. The van der Waals surface area contributed by atoms with Gasteiger partial charge in [0.05, 0.1) is 25.1 Å². The van der Waals surface area contributed by atoms with Gasteiger partial charge in [-0.15, -0.1) is 0 Å². The number of aliphatic hydroxyl groups is 1. The van der Waals surface area contributed by atoms with Gasteiger partial charge in [0.1, 0.15) is 5.78 Å². The normalized spacial score (nSPS) is 28.2. The summed E-state index contributed by atoms with van der Waals surface area (Å²) in [5.74, 6) is -0.712. The minimum absolute atomic E-state index is 0.00581. The third kappa shape index (κ3) is 4.68. The molecule has 30 heavy (non-hydrogen) atoms. The lowest BCUT2D eigenvalue weighted by Gasteiger charge is -2.30. The maximum absolute atomic E-state index is 13.0. The molecule has 1 aromatic carbocycles. The molecule has 2 amide bonds. The number of nitrogens with one attached hydrogen (secondary N) is 1. The molecule has 2 aliphatic heterocycles. The van der Waals surface area contributed by atoms with Gasteiger partial charge in [-0.05, 0) is 43.4 Å². The number of likely N-dealkylation sites (tertiary alicyclic amines) is 1. The molecule has 2 saturated heterocycles. The molecule has 0 bridgehead atoms. The Labute approximate surface area is 181 Å². The van der Waals surface area contributed by atoms with Crippen LogP contribution < -0.4 is 5.32 Å². The minimum atomic E-state index is -0.360. The lowest BCUT2D eigenvalue weighted by atomic mass is 9.98. The highest BCUT2D eigenvalue weighted by atomic mass is 35.5. The van der Waals surface area contributed by atoms with Gasteiger partial charge in [-0.1, -0.05) is 23.7 Å². The molecule has 2 N–H and O–H groups in total. The topological polar surface area (TPSA) is 90.0 Å². The number of benzene rings is 1. The van der Waals surface area contributed by atoms with Crippen LogP contribution in [0.15, 0.2) is 24.3 Å². The Balaban J connectivity index is 1.46. The Morgan fingerprint density at radius 1 is 1.13 bits per heavy atom. The molecule has 4 rings (SSSR count). The third-order valence-electron chi connectivity index (χ3n) is 6.66. The van der Waals surface area contributed by atoms with Crippen molar-refractivity contribution in [2.75, 3.05) is 26.2 Å². The fourth-order valence-corrected chi connectivity index (χ4v) is 5.03. The van der Waals surface area contributed by atoms with Crippen molar-refractivity contribution in [1.29, 1.82) is 0 Å². The van der Waals surface area contributed by atoms with Crippen molar-refractivity contribution in [3.63, 3.8) is 0 Å². The first-order chi connectivity index (χ1) is 14.4. The molecular formula is C22H28ClN3O4. The predicted molar refractivity (Wildman–Crippen MR) is 112 cm³/mol. The van der Waals surface area contributed by atoms with Crippen molar-refractivity contribution in [2.45, 2.75) is 44.4 Å². The van der Waals surface area contributed by atoms with Crippen molar-refractivity contribution in [2.24, 2.45) is 11.8 Å². The van der Waals surface area contributed by atoms with E-state index in [0.29, 0.717) is 56.9 Å². The fourth-order valence-electron chi connectivity index (χ4n) is 4.90. The molecule has 8 heteroatoms. The van der Waals surface area contributed by atoms with E-state index >= 15 is 0 Å². The van der Waals surface area contributed by atoms with Crippen molar-refractivity contribution in [1.82, 2.24) is 15.1 Å². The number of aliphatic hydroxyl groups excluding tert-OH is 1. The molecule has 1 aliphatic carbocycles. The minimum Gasteiger partial charge on any atom is -0.393 e. The summed E-state index contributed by atoms with van der Waals surface area (Å²) in [5.41, 5.74) is 0.947. The fraction of sp³-hybridized carbons (Fsp3) is 0.591. The molecule has 0 radical (unpaired) electrons. The number of halogens is 1. The van der Waals surface area contributed by atoms with Gasteiger partial charge in [-0.25, -0.2) is 0 Å². The van der Waals surface area contributed by atoms with E-state index in [2.05, 4.69) is 10.2 Å². The Morgan fingerprint density at radius 2 is 1.83 bits per heavy atom. The van der Waals surface area contributed by atoms with Crippen LogP contribution >= 0.6 is 11.6 Å². The van der Waals surface area contributed by atoms with Crippen LogP contribution in [0.25, 0.3) is 0 Å². The maximum atomic E-state index is 13.0. The zero-order chi connectivity index (χ0) is 21.3. The molecule has 0 aromatic heterocycles. The van der Waals surface area contributed by atoms with E-state index in [1.54, 1.807) is 17.0 Å². The molecule has 162 valence electrons. The van der Waals surface area contributed by atoms with Gasteiger partial charge in [0, 0.05) is 36.6 Å². The smallest absolute Gasteiger partial charge is 0.242 e. The number of nitrogens with zero attached hydrogens (tertiary/aromatic N) is 2. The van der Waals surface area contributed by atoms with Gasteiger partial charge in [0.25, 0.3) is 0 Å². The average Bonchev–Trinajstić information content (AvgIpc) is 3.14. The molecule has 3 fully saturated rings. The number of fused-ring (bicyclic) bond motifs is 1. The van der Waals surface area contributed by atoms with Crippen LogP contribution in [0, 0.1) is 11.8 Å². The van der Waals surface area contributed by atoms with Crippen LogP contribution in [0.1, 0.15) is 31.2 Å². The number of hydrogen-bond acceptors (Lipinski definition) is 5. The molecular weight excluding hydrogens is 406 g/mol. The summed E-state index contributed by atoms with van der Waals surface area (Å²) in [6.45, 7) is 2.18. The third-order valence-corrected chi connectivity index (χ3v) is 6.91. The van der Waals surface area contributed by atoms with E-state index in [1.165, 1.54) is 0 Å². The molecule has 3 atom stereocenters. The molecule has 0 spiro atoms. The van der Waals surface area contributed by atoms with Crippen molar-refractivity contribution in [3.05, 3.63) is 34.9 Å². The number of carbonyl (C=O) groups excluding carboxylic acids is 3. The summed E-state index contributed by atoms with van der Waals surface area (Å²) in [4.78, 5) is 42.2. The second-order valence-electron chi connectivity index (χ2n) is 8.68. The first kappa shape index (κ1) is 21.3. The van der Waals surface area contributed by atoms with E-state index in [0.717, 1.165) is 5.56 Å². The molecule has 1 aromatic rings. The van der Waals surface area contributed by atoms with Crippen molar-refractivity contribution < 1.29 is 19.5 Å². The van der Waals surface area contributed by atoms with Crippen LogP contribution in [-0.4, -0.2) is 70.8 Å². The lowest BCUT2D eigenvalue weighted by Crippen LogP contribution is -2.42. The second kappa shape index (κ2) is 9.04. The largest absolute Gasteiger partial charge is 0.393 e. The first-order valence-electron chi connectivity index (χ1n) is 10.7. The van der Waals surface area contributed by atoms with Gasteiger partial charge >= 0.3 is 0 Å². The number of piperidine rings is 1. The van der Waals surface area contributed by atoms with E-state index in [-0.39, 0.29) is 48.1 Å². The lowest BCUT2D eigenvalue weighted by molar-refractivity contribution is -0.133. The monoisotopic (exact) mass is 433 g/mol. The van der Waals surface area contributed by atoms with E-state index < -0.39 is 0 Å². The Bertz CT molecular complexity index is 807. The summed E-state index contributed by atoms with van der Waals surface area (Å²) in [7, 11) is 0. The molecule has 7 nitrogen and oxygen atoms in total. The van der Waals surface area contributed by atoms with Crippen LogP contribution in [0.3, 0.4) is 0 Å². The van der Waals surface area contributed by atoms with Gasteiger partial charge in [0.15, 0.2) is 0 Å². The van der Waals surface area contributed by atoms with E-state index in [9.17, 15) is 19.5 Å². The summed E-state index contributed by atoms with van der Waals surface area (Å²) in [5, 5.41) is 13.0. The zero-order valence-electron chi connectivity index (χ0n) is 16.9. The first-order valence-corrected chi connectivity index (χ1v) is 11.0. The number of amides is 2. The SMILES string of the molecule is O=C(CN1CCC(O)CC1)C1CC2C(=O)NCC(=O)N(Cc3ccc(Cl)cc3)C2C1. The summed E-state index contributed by atoms with van der Waals surface area (Å²) in [6, 6.07) is 7.07. The van der Waals surface area contributed by atoms with Crippen LogP contribution in [0.4, 0.5) is 0 Å². The van der Waals surface area contributed by atoms with Crippen LogP contribution in [0.5, 0.6) is 0 Å². The Morgan fingerprint density at radius 3 is 2.53 bits per heavy atom. The van der Waals surface area contributed by atoms with Gasteiger partial charge in [-0.3, -0.25) is 19.3 Å². The van der Waals surface area contributed by atoms with Gasteiger partial charge in [0.2, 0.25) is 11.8 Å². The number of rotatable bonds is 5. The second-order valence-corrected chi connectivity index (χ2v) is 9.12. The van der Waals surface area contributed by atoms with Crippen LogP contribution in [0.2, 0.25) is 5.02 Å². The molecule has 3 unspecified atom stereocenters. The Hall–Kier alpha value is -1.96. The maximum Gasteiger partial charge on any atom is 0.242 e. The average molecular weight is 434 g/mol. The zero-order valence-corrected chi connectivity index (χ0v) is 17.7. The van der Waals surface area contributed by atoms with E-state index in [4.69, 9.17) is 11.6 Å².